The van der Waals surface area contributed by atoms with Gasteiger partial charge in [0.1, 0.15) is 28.5 Å². The third-order valence-corrected chi connectivity index (χ3v) is 7.58. The lowest BCUT2D eigenvalue weighted by molar-refractivity contribution is -0.115. The highest BCUT2D eigenvalue weighted by Crippen LogP contribution is 2.35. The molecule has 5 aromatic rings. The number of anilines is 2. The van der Waals surface area contributed by atoms with Crippen molar-refractivity contribution in [3.63, 3.8) is 0 Å². The lowest BCUT2D eigenvalue weighted by atomic mass is 9.97. The first-order chi connectivity index (χ1) is 18.6. The number of nitrogens with two attached hydrogens (primary N) is 1. The quantitative estimate of drug-likeness (QED) is 0.230. The van der Waals surface area contributed by atoms with E-state index >= 15 is 0 Å². The Labute approximate surface area is 227 Å². The molecule has 2 heterocycles. The number of thioether (sulfide) groups is 1. The molecule has 0 saturated heterocycles. The van der Waals surface area contributed by atoms with Crippen molar-refractivity contribution < 1.29 is 4.79 Å². The number of thiazole rings is 1. The van der Waals surface area contributed by atoms with Gasteiger partial charge in [-0.1, -0.05) is 66.7 Å². The molecule has 0 bridgehead atoms. The summed E-state index contributed by atoms with van der Waals surface area (Å²) in [5.41, 5.74) is 9.46. The summed E-state index contributed by atoms with van der Waals surface area (Å²) < 4.78 is 0. The van der Waals surface area contributed by atoms with Crippen molar-refractivity contribution in [2.24, 2.45) is 0 Å². The van der Waals surface area contributed by atoms with Crippen LogP contribution in [0.4, 0.5) is 10.9 Å². The number of hydrogen-bond donors (Lipinski definition) is 2. The van der Waals surface area contributed by atoms with Crippen LogP contribution < -0.4 is 11.1 Å². The first-order valence-electron chi connectivity index (χ1n) is 11.6. The maximum atomic E-state index is 12.6. The van der Waals surface area contributed by atoms with Gasteiger partial charge in [-0.15, -0.1) is 23.1 Å². The summed E-state index contributed by atoms with van der Waals surface area (Å²) in [4.78, 5) is 21.5. The average molecular weight is 533 g/mol. The molecule has 3 aromatic carbocycles. The van der Waals surface area contributed by atoms with Gasteiger partial charge >= 0.3 is 0 Å². The number of aromatic nitrogens is 2. The van der Waals surface area contributed by atoms with E-state index in [0.717, 1.165) is 22.0 Å². The van der Waals surface area contributed by atoms with Crippen LogP contribution in [0.3, 0.4) is 0 Å². The number of nitrogen functional groups attached to an aromatic ring is 1. The smallest absolute Gasteiger partial charge is 0.226 e. The van der Waals surface area contributed by atoms with E-state index in [1.54, 1.807) is 0 Å². The molecule has 0 aliphatic heterocycles. The first-order valence-corrected chi connectivity index (χ1v) is 13.5. The van der Waals surface area contributed by atoms with Crippen LogP contribution >= 0.6 is 23.1 Å². The summed E-state index contributed by atoms with van der Waals surface area (Å²) >= 11 is 2.62. The number of nitrogens with one attached hydrogen (secondary N) is 1. The second-order valence-corrected chi connectivity index (χ2v) is 10.2. The number of nitrogens with zero attached hydrogens (tertiary/aromatic N) is 4. The van der Waals surface area contributed by atoms with Crippen molar-refractivity contribution in [3.8, 4) is 34.5 Å². The second kappa shape index (κ2) is 11.1. The number of nitriles is 2. The van der Waals surface area contributed by atoms with E-state index < -0.39 is 0 Å². The van der Waals surface area contributed by atoms with Gasteiger partial charge in [-0.2, -0.15) is 10.5 Å². The van der Waals surface area contributed by atoms with Crippen molar-refractivity contribution >= 4 is 50.7 Å². The van der Waals surface area contributed by atoms with Crippen LogP contribution in [0.2, 0.25) is 0 Å². The van der Waals surface area contributed by atoms with Crippen LogP contribution in [0, 0.1) is 22.7 Å². The Morgan fingerprint density at radius 3 is 2.42 bits per heavy atom. The van der Waals surface area contributed by atoms with Crippen LogP contribution in [-0.4, -0.2) is 21.6 Å². The predicted molar refractivity (Wildman–Crippen MR) is 153 cm³/mol. The van der Waals surface area contributed by atoms with Crippen LogP contribution in [-0.2, 0) is 4.79 Å². The fourth-order valence-corrected chi connectivity index (χ4v) is 5.70. The monoisotopic (exact) mass is 532 g/mol. The van der Waals surface area contributed by atoms with E-state index in [0.29, 0.717) is 27.0 Å². The van der Waals surface area contributed by atoms with E-state index in [4.69, 9.17) is 5.73 Å². The number of amides is 1. The van der Waals surface area contributed by atoms with E-state index in [9.17, 15) is 15.3 Å². The minimum absolute atomic E-state index is 0.0568. The number of benzene rings is 3. The second-order valence-electron chi connectivity index (χ2n) is 8.26. The van der Waals surface area contributed by atoms with Gasteiger partial charge in [-0.3, -0.25) is 4.79 Å². The molecule has 0 radical (unpaired) electrons. The number of fused-ring (bicyclic) bond motifs is 1. The Morgan fingerprint density at radius 1 is 0.921 bits per heavy atom. The van der Waals surface area contributed by atoms with Crippen molar-refractivity contribution in [2.45, 2.75) is 11.4 Å². The van der Waals surface area contributed by atoms with Gasteiger partial charge in [-0.05, 0) is 22.4 Å². The highest BCUT2D eigenvalue weighted by Gasteiger charge is 2.20. The largest absolute Gasteiger partial charge is 0.383 e. The molecule has 7 nitrogen and oxygen atoms in total. The van der Waals surface area contributed by atoms with Crippen LogP contribution in [0.5, 0.6) is 0 Å². The molecule has 0 fully saturated rings. The number of carbonyl (C=O) groups is 1. The van der Waals surface area contributed by atoms with Crippen molar-refractivity contribution in [1.29, 1.82) is 10.5 Å². The van der Waals surface area contributed by atoms with Crippen molar-refractivity contribution in [2.75, 3.05) is 16.8 Å². The zero-order valence-electron chi connectivity index (χ0n) is 20.0. The number of carbonyl (C=O) groups excluding carboxylic acids is 1. The van der Waals surface area contributed by atoms with Gasteiger partial charge in [0.2, 0.25) is 5.91 Å². The van der Waals surface area contributed by atoms with E-state index in [1.807, 2.05) is 53.9 Å². The minimum Gasteiger partial charge on any atom is -0.383 e. The Balaban J connectivity index is 1.26. The van der Waals surface area contributed by atoms with Gasteiger partial charge in [0.15, 0.2) is 5.13 Å². The molecular formula is C29H20N6OS2. The molecule has 2 aromatic heterocycles. The molecule has 3 N–H and O–H groups in total. The maximum Gasteiger partial charge on any atom is 0.226 e. The van der Waals surface area contributed by atoms with Crippen molar-refractivity contribution in [3.05, 3.63) is 89.3 Å². The highest BCUT2D eigenvalue weighted by molar-refractivity contribution is 7.99. The third-order valence-electron chi connectivity index (χ3n) is 5.84. The standard InChI is InChI=1S/C29H20N6OS2/c30-15-22-26(19-7-2-1-3-8-19)23(16-31)28(35-27(22)32)37-13-12-25(36)34-29-33-24(17-38-29)21-11-10-18-6-4-5-9-20(18)14-21/h1-11,14,17H,12-13H2,(H2,32,35)(H,33,34,36). The summed E-state index contributed by atoms with van der Waals surface area (Å²) in [5, 5.41) is 27.5. The Bertz CT molecular complexity index is 1730. The Hall–Kier alpha value is -4.70. The normalized spacial score (nSPS) is 10.6. The predicted octanol–water partition coefficient (Wildman–Crippen LogP) is 6.47. The summed E-state index contributed by atoms with van der Waals surface area (Å²) in [7, 11) is 0. The van der Waals surface area contributed by atoms with Gasteiger partial charge in [-0.25, -0.2) is 9.97 Å². The molecule has 0 aliphatic carbocycles. The molecule has 0 atom stereocenters. The molecule has 184 valence electrons. The molecule has 0 unspecified atom stereocenters. The van der Waals surface area contributed by atoms with Crippen LogP contribution in [0.25, 0.3) is 33.2 Å². The first kappa shape index (κ1) is 25.0. The van der Waals surface area contributed by atoms with Gasteiger partial charge in [0, 0.05) is 28.7 Å². The fourth-order valence-electron chi connectivity index (χ4n) is 4.03. The molecule has 0 spiro atoms. The van der Waals surface area contributed by atoms with Gasteiger partial charge < -0.3 is 11.1 Å². The highest BCUT2D eigenvalue weighted by atomic mass is 32.2. The number of rotatable bonds is 7. The molecule has 1 amide bonds. The lowest BCUT2D eigenvalue weighted by Crippen LogP contribution is -2.12. The molecule has 38 heavy (non-hydrogen) atoms. The van der Waals surface area contributed by atoms with E-state index in [1.165, 1.54) is 23.1 Å². The maximum absolute atomic E-state index is 12.6. The lowest BCUT2D eigenvalue weighted by Gasteiger charge is -2.12. The summed E-state index contributed by atoms with van der Waals surface area (Å²) in [6, 6.07) is 27.7. The summed E-state index contributed by atoms with van der Waals surface area (Å²) in [6.45, 7) is 0. The topological polar surface area (TPSA) is 128 Å². The third kappa shape index (κ3) is 5.21. The number of pyridine rings is 1. The Kier molecular flexibility index (Phi) is 7.32. The minimum atomic E-state index is -0.194. The molecular weight excluding hydrogens is 512 g/mol. The SMILES string of the molecule is N#Cc1c(N)nc(SCCC(=O)Nc2nc(-c3ccc4ccccc4c3)cs2)c(C#N)c1-c1ccccc1. The van der Waals surface area contributed by atoms with Gasteiger partial charge in [0.25, 0.3) is 0 Å². The molecule has 5 rings (SSSR count). The number of hydrogen-bond acceptors (Lipinski definition) is 8. The summed E-state index contributed by atoms with van der Waals surface area (Å²) in [6.07, 6.45) is 0.183. The fraction of sp³-hybridized carbons (Fsp3) is 0.0690. The van der Waals surface area contributed by atoms with E-state index in [-0.39, 0.29) is 29.3 Å². The zero-order chi connectivity index (χ0) is 26.5. The molecule has 0 saturated carbocycles. The summed E-state index contributed by atoms with van der Waals surface area (Å²) in [5.74, 6) is 0.234. The van der Waals surface area contributed by atoms with Gasteiger partial charge in [0.05, 0.1) is 11.3 Å². The van der Waals surface area contributed by atoms with E-state index in [2.05, 4.69) is 51.7 Å². The molecule has 0 aliphatic rings. The zero-order valence-corrected chi connectivity index (χ0v) is 21.6. The average Bonchev–Trinajstić information content (AvgIpc) is 3.41. The van der Waals surface area contributed by atoms with Crippen LogP contribution in [0.1, 0.15) is 17.5 Å². The van der Waals surface area contributed by atoms with Crippen LogP contribution in [0.15, 0.2) is 83.2 Å². The van der Waals surface area contributed by atoms with Crippen molar-refractivity contribution in [1.82, 2.24) is 9.97 Å². The molecule has 9 heteroatoms. The Morgan fingerprint density at radius 2 is 1.66 bits per heavy atom.